The number of ether oxygens (including phenoxy) is 2. The Balaban J connectivity index is 2.27. The van der Waals surface area contributed by atoms with Gasteiger partial charge in [0.25, 0.3) is 0 Å². The third-order valence-corrected chi connectivity index (χ3v) is 2.84. The second kappa shape index (κ2) is 4.18. The zero-order chi connectivity index (χ0) is 11.6. The molecule has 0 bridgehead atoms. The number of aliphatic hydroxyl groups is 1. The van der Waals surface area contributed by atoms with E-state index in [1.165, 1.54) is 0 Å². The molecule has 0 aromatic heterocycles. The normalized spacial score (nSPS) is 18.6. The van der Waals surface area contributed by atoms with Crippen LogP contribution in [0.2, 0.25) is 0 Å². The van der Waals surface area contributed by atoms with Crippen LogP contribution in [0.25, 0.3) is 0 Å². The van der Waals surface area contributed by atoms with Gasteiger partial charge in [-0.2, -0.15) is 0 Å². The number of benzene rings is 1. The summed E-state index contributed by atoms with van der Waals surface area (Å²) in [7, 11) is 1.62. The molecule has 1 aliphatic rings. The summed E-state index contributed by atoms with van der Waals surface area (Å²) in [5.41, 5.74) is -0.246. The summed E-state index contributed by atoms with van der Waals surface area (Å²) in [5.74, 6) is 1.42. The van der Waals surface area contributed by atoms with Crippen molar-refractivity contribution in [2.24, 2.45) is 0 Å². The largest absolute Gasteiger partial charge is 0.497 e. The van der Waals surface area contributed by atoms with Gasteiger partial charge in [-0.3, -0.25) is 0 Å². The molecule has 16 heavy (non-hydrogen) atoms. The van der Waals surface area contributed by atoms with Crippen molar-refractivity contribution in [3.05, 3.63) is 41.7 Å². The molecule has 1 aliphatic heterocycles. The first-order chi connectivity index (χ1) is 7.64. The Hall–Kier alpha value is -1.48. The maximum absolute atomic E-state index is 10.4. The number of hydrogen-bond donors (Lipinski definition) is 1. The van der Waals surface area contributed by atoms with Crippen LogP contribution in [0.3, 0.4) is 0 Å². The maximum atomic E-state index is 10.4. The first-order valence-electron chi connectivity index (χ1n) is 5.35. The highest BCUT2D eigenvalue weighted by molar-refractivity contribution is 5.35. The predicted molar refractivity (Wildman–Crippen MR) is 61.2 cm³/mol. The second-order valence-corrected chi connectivity index (χ2v) is 4.01. The zero-order valence-electron chi connectivity index (χ0n) is 9.56. The molecule has 1 aromatic rings. The molecule has 3 nitrogen and oxygen atoms in total. The third-order valence-electron chi connectivity index (χ3n) is 2.84. The predicted octanol–water partition coefficient (Wildman–Crippen LogP) is 2.21. The Bertz CT molecular complexity index is 390. The first kappa shape index (κ1) is 11.0. The Morgan fingerprint density at radius 3 is 2.50 bits per heavy atom. The SMILES string of the molecule is COc1ccc(C(C)(O)C2=CCCO2)cc1. The molecule has 0 spiro atoms. The summed E-state index contributed by atoms with van der Waals surface area (Å²) >= 11 is 0. The molecule has 0 amide bonds. The molecule has 1 atom stereocenters. The summed E-state index contributed by atoms with van der Waals surface area (Å²) in [6.07, 6.45) is 2.80. The van der Waals surface area contributed by atoms with Crippen LogP contribution in [-0.2, 0) is 10.3 Å². The topological polar surface area (TPSA) is 38.7 Å². The van der Waals surface area contributed by atoms with E-state index >= 15 is 0 Å². The van der Waals surface area contributed by atoms with Crippen molar-refractivity contribution in [1.82, 2.24) is 0 Å². The van der Waals surface area contributed by atoms with E-state index in [1.807, 2.05) is 30.3 Å². The minimum atomic E-state index is -1.05. The van der Waals surface area contributed by atoms with Crippen molar-refractivity contribution in [1.29, 1.82) is 0 Å². The van der Waals surface area contributed by atoms with Gasteiger partial charge in [0.2, 0.25) is 0 Å². The lowest BCUT2D eigenvalue weighted by molar-refractivity contribution is 0.0317. The van der Waals surface area contributed by atoms with Gasteiger partial charge in [0.15, 0.2) is 0 Å². The molecule has 3 heteroatoms. The average molecular weight is 220 g/mol. The van der Waals surface area contributed by atoms with E-state index in [-0.39, 0.29) is 0 Å². The fraction of sp³-hybridized carbons (Fsp3) is 0.385. The quantitative estimate of drug-likeness (QED) is 0.848. The van der Waals surface area contributed by atoms with Gasteiger partial charge in [-0.1, -0.05) is 12.1 Å². The van der Waals surface area contributed by atoms with Crippen molar-refractivity contribution >= 4 is 0 Å². The monoisotopic (exact) mass is 220 g/mol. The fourth-order valence-electron chi connectivity index (χ4n) is 1.81. The number of hydrogen-bond acceptors (Lipinski definition) is 3. The van der Waals surface area contributed by atoms with E-state index in [1.54, 1.807) is 14.0 Å². The zero-order valence-corrected chi connectivity index (χ0v) is 9.56. The summed E-state index contributed by atoms with van der Waals surface area (Å²) in [5, 5.41) is 10.4. The molecule has 1 heterocycles. The molecular weight excluding hydrogens is 204 g/mol. The Morgan fingerprint density at radius 2 is 2.00 bits per heavy atom. The average Bonchev–Trinajstić information content (AvgIpc) is 2.83. The minimum Gasteiger partial charge on any atom is -0.497 e. The molecule has 0 radical (unpaired) electrons. The highest BCUT2D eigenvalue weighted by Crippen LogP contribution is 2.33. The standard InChI is InChI=1S/C13H16O3/c1-13(14,12-4-3-9-16-12)10-5-7-11(15-2)8-6-10/h4-8,14H,3,9H2,1-2H3. The van der Waals surface area contributed by atoms with Crippen molar-refractivity contribution < 1.29 is 14.6 Å². The van der Waals surface area contributed by atoms with E-state index in [0.717, 1.165) is 17.7 Å². The van der Waals surface area contributed by atoms with E-state index in [9.17, 15) is 5.11 Å². The third kappa shape index (κ3) is 1.91. The van der Waals surface area contributed by atoms with Crippen LogP contribution in [-0.4, -0.2) is 18.8 Å². The van der Waals surface area contributed by atoms with Gasteiger partial charge in [0.1, 0.15) is 17.1 Å². The highest BCUT2D eigenvalue weighted by Gasteiger charge is 2.31. The lowest BCUT2D eigenvalue weighted by atomic mass is 9.93. The Labute approximate surface area is 95.3 Å². The number of rotatable bonds is 3. The summed E-state index contributed by atoms with van der Waals surface area (Å²) in [6, 6.07) is 7.36. The van der Waals surface area contributed by atoms with Crippen molar-refractivity contribution in [3.63, 3.8) is 0 Å². The van der Waals surface area contributed by atoms with Crippen LogP contribution < -0.4 is 4.74 Å². The number of methoxy groups -OCH3 is 1. The smallest absolute Gasteiger partial charge is 0.143 e. The summed E-state index contributed by atoms with van der Waals surface area (Å²) in [6.45, 7) is 2.40. The van der Waals surface area contributed by atoms with Crippen LogP contribution in [0.5, 0.6) is 5.75 Å². The molecule has 0 saturated heterocycles. The van der Waals surface area contributed by atoms with Gasteiger partial charge < -0.3 is 14.6 Å². The van der Waals surface area contributed by atoms with Crippen molar-refractivity contribution in [2.75, 3.05) is 13.7 Å². The molecule has 86 valence electrons. The molecule has 0 saturated carbocycles. The molecule has 0 fully saturated rings. The van der Waals surface area contributed by atoms with E-state index in [0.29, 0.717) is 12.4 Å². The minimum absolute atomic E-state index is 0.637. The van der Waals surface area contributed by atoms with Crippen LogP contribution >= 0.6 is 0 Å². The second-order valence-electron chi connectivity index (χ2n) is 4.01. The lowest BCUT2D eigenvalue weighted by Crippen LogP contribution is -2.24. The van der Waals surface area contributed by atoms with E-state index < -0.39 is 5.60 Å². The Morgan fingerprint density at radius 1 is 1.31 bits per heavy atom. The summed E-state index contributed by atoms with van der Waals surface area (Å²) in [4.78, 5) is 0. The highest BCUT2D eigenvalue weighted by atomic mass is 16.5. The first-order valence-corrected chi connectivity index (χ1v) is 5.35. The van der Waals surface area contributed by atoms with Crippen LogP contribution in [0, 0.1) is 0 Å². The molecule has 1 unspecified atom stereocenters. The van der Waals surface area contributed by atoms with Crippen LogP contribution in [0.4, 0.5) is 0 Å². The maximum Gasteiger partial charge on any atom is 0.143 e. The van der Waals surface area contributed by atoms with Crippen molar-refractivity contribution in [3.8, 4) is 5.75 Å². The fourth-order valence-corrected chi connectivity index (χ4v) is 1.81. The van der Waals surface area contributed by atoms with Crippen molar-refractivity contribution in [2.45, 2.75) is 18.9 Å². The van der Waals surface area contributed by atoms with Gasteiger partial charge in [0, 0.05) is 6.42 Å². The van der Waals surface area contributed by atoms with Crippen LogP contribution in [0.15, 0.2) is 36.1 Å². The molecular formula is C13H16O3. The molecule has 1 aromatic carbocycles. The van der Waals surface area contributed by atoms with Gasteiger partial charge in [-0.15, -0.1) is 0 Å². The van der Waals surface area contributed by atoms with Gasteiger partial charge in [-0.25, -0.2) is 0 Å². The Kier molecular flexibility index (Phi) is 2.88. The van der Waals surface area contributed by atoms with E-state index in [4.69, 9.17) is 9.47 Å². The molecule has 2 rings (SSSR count). The lowest BCUT2D eigenvalue weighted by Gasteiger charge is -2.24. The van der Waals surface area contributed by atoms with Gasteiger partial charge >= 0.3 is 0 Å². The van der Waals surface area contributed by atoms with Gasteiger partial charge in [0.05, 0.1) is 13.7 Å². The molecule has 0 aliphatic carbocycles. The summed E-state index contributed by atoms with van der Waals surface area (Å²) < 4.78 is 10.5. The van der Waals surface area contributed by atoms with Gasteiger partial charge in [-0.05, 0) is 30.7 Å². The van der Waals surface area contributed by atoms with Crippen LogP contribution in [0.1, 0.15) is 18.9 Å². The van der Waals surface area contributed by atoms with E-state index in [2.05, 4.69) is 0 Å². The molecule has 1 N–H and O–H groups in total.